The molecule has 1 aromatic heterocycles. The van der Waals surface area contributed by atoms with Gasteiger partial charge in [0.25, 0.3) is 0 Å². The van der Waals surface area contributed by atoms with E-state index in [0.29, 0.717) is 11.6 Å². The highest BCUT2D eigenvalue weighted by Gasteiger charge is 2.33. The van der Waals surface area contributed by atoms with Gasteiger partial charge in [-0.25, -0.2) is 17.8 Å². The Morgan fingerprint density at radius 1 is 1.39 bits per heavy atom. The Bertz CT molecular complexity index is 1020. The highest BCUT2D eigenvalue weighted by molar-refractivity contribution is 7.89. The lowest BCUT2D eigenvalue weighted by Gasteiger charge is -2.26. The number of fused-ring (bicyclic) bond motifs is 1. The minimum atomic E-state index is -3.93. The molecule has 1 aliphatic heterocycles. The molecule has 0 spiro atoms. The van der Waals surface area contributed by atoms with Crippen molar-refractivity contribution >= 4 is 32.4 Å². The molecule has 0 saturated heterocycles. The van der Waals surface area contributed by atoms with Crippen LogP contribution >= 0.6 is 11.3 Å². The van der Waals surface area contributed by atoms with Gasteiger partial charge < -0.3 is 10.1 Å². The summed E-state index contributed by atoms with van der Waals surface area (Å²) in [4.78, 5) is 17.2. The van der Waals surface area contributed by atoms with E-state index in [4.69, 9.17) is 4.74 Å². The van der Waals surface area contributed by atoms with E-state index in [1.165, 1.54) is 28.8 Å². The zero-order valence-electron chi connectivity index (χ0n) is 15.3. The minimum absolute atomic E-state index is 0.0219. The zero-order valence-corrected chi connectivity index (χ0v) is 16.9. The number of nitrogens with zero attached hydrogens (tertiary/aromatic N) is 2. The first-order chi connectivity index (χ1) is 13.4. The number of thiazole rings is 1. The number of methoxy groups -OCH3 is 1. The first-order valence-electron chi connectivity index (χ1n) is 9.01. The number of rotatable bonds is 5. The van der Waals surface area contributed by atoms with Gasteiger partial charge in [-0.15, -0.1) is 11.3 Å². The molecule has 1 N–H and O–H groups in total. The van der Waals surface area contributed by atoms with Crippen molar-refractivity contribution in [1.82, 2.24) is 9.29 Å². The van der Waals surface area contributed by atoms with Gasteiger partial charge in [0.2, 0.25) is 15.9 Å². The van der Waals surface area contributed by atoms with Gasteiger partial charge in [-0.3, -0.25) is 4.79 Å². The summed E-state index contributed by atoms with van der Waals surface area (Å²) in [5.41, 5.74) is 0.798. The monoisotopic (exact) mass is 425 g/mol. The van der Waals surface area contributed by atoms with Gasteiger partial charge in [-0.1, -0.05) is 6.42 Å². The molecule has 2 aromatic rings. The highest BCUT2D eigenvalue weighted by Crippen LogP contribution is 2.34. The summed E-state index contributed by atoms with van der Waals surface area (Å²) in [6, 6.07) is 3.44. The Labute approximate surface area is 166 Å². The molecule has 10 heteroatoms. The van der Waals surface area contributed by atoms with Crippen LogP contribution in [0.15, 0.2) is 23.1 Å². The fraction of sp³-hybridized carbons (Fsp3) is 0.444. The van der Waals surface area contributed by atoms with Gasteiger partial charge in [0, 0.05) is 23.8 Å². The predicted octanol–water partition coefficient (Wildman–Crippen LogP) is 2.78. The molecule has 0 bridgehead atoms. The molecule has 1 saturated carbocycles. The molecule has 0 unspecified atom stereocenters. The van der Waals surface area contributed by atoms with Crippen molar-refractivity contribution in [2.24, 2.45) is 5.92 Å². The van der Waals surface area contributed by atoms with E-state index < -0.39 is 15.8 Å². The van der Waals surface area contributed by atoms with Crippen molar-refractivity contribution in [3.05, 3.63) is 34.6 Å². The molecule has 1 fully saturated rings. The first-order valence-corrected chi connectivity index (χ1v) is 11.3. The van der Waals surface area contributed by atoms with Crippen molar-refractivity contribution in [3.8, 4) is 5.75 Å². The molecule has 1 amide bonds. The number of carbonyl (C=O) groups excluding carboxylic acids is 1. The average Bonchev–Trinajstić information content (AvgIpc) is 3.01. The van der Waals surface area contributed by atoms with E-state index in [0.717, 1.165) is 42.0 Å². The van der Waals surface area contributed by atoms with Gasteiger partial charge in [0.05, 0.1) is 19.3 Å². The van der Waals surface area contributed by atoms with Crippen molar-refractivity contribution in [2.75, 3.05) is 19.0 Å². The van der Waals surface area contributed by atoms with Crippen molar-refractivity contribution in [3.63, 3.8) is 0 Å². The molecular formula is C18H20FN3O4S2. The number of amides is 1. The number of ether oxygens (including phenoxy) is 1. The fourth-order valence-electron chi connectivity index (χ4n) is 3.30. The fourth-order valence-corrected chi connectivity index (χ4v) is 5.98. The molecule has 28 heavy (non-hydrogen) atoms. The van der Waals surface area contributed by atoms with Crippen LogP contribution in [0.4, 0.5) is 9.52 Å². The second-order valence-corrected chi connectivity index (χ2v) is 9.88. The second kappa shape index (κ2) is 7.41. The molecule has 4 rings (SSSR count). The predicted molar refractivity (Wildman–Crippen MR) is 102 cm³/mol. The minimum Gasteiger partial charge on any atom is -0.495 e. The standard InChI is InChI=1S/C18H20FN3O4S2/c1-26-14-6-5-12(19)9-16(14)28(24,25)22-8-7-13-15(10-22)27-18(20-13)21-17(23)11-3-2-4-11/h5-6,9,11H,2-4,7-8,10H2,1H3,(H,20,21,23). The van der Waals surface area contributed by atoms with Gasteiger partial charge in [0.1, 0.15) is 16.5 Å². The topological polar surface area (TPSA) is 88.6 Å². The molecule has 0 atom stereocenters. The molecule has 2 aliphatic rings. The van der Waals surface area contributed by atoms with Crippen molar-refractivity contribution in [2.45, 2.75) is 37.1 Å². The third-order valence-corrected chi connectivity index (χ3v) is 8.01. The summed E-state index contributed by atoms with van der Waals surface area (Å²) in [6.45, 7) is 0.364. The molecule has 1 aliphatic carbocycles. The number of nitrogens with one attached hydrogen (secondary N) is 1. The summed E-state index contributed by atoms with van der Waals surface area (Å²) < 4.78 is 46.1. The number of carbonyl (C=O) groups is 1. The maximum Gasteiger partial charge on any atom is 0.247 e. The van der Waals surface area contributed by atoms with E-state index in [1.54, 1.807) is 0 Å². The Morgan fingerprint density at radius 2 is 2.18 bits per heavy atom. The number of hydrogen-bond acceptors (Lipinski definition) is 6. The molecule has 0 radical (unpaired) electrons. The summed E-state index contributed by atoms with van der Waals surface area (Å²) in [7, 11) is -2.58. The number of aromatic nitrogens is 1. The third kappa shape index (κ3) is 3.51. The lowest BCUT2D eigenvalue weighted by Crippen LogP contribution is -2.35. The quantitative estimate of drug-likeness (QED) is 0.796. The number of hydrogen-bond donors (Lipinski definition) is 1. The summed E-state index contributed by atoms with van der Waals surface area (Å²) >= 11 is 1.29. The maximum absolute atomic E-state index is 13.7. The normalized spacial score (nSPS) is 17.6. The van der Waals surface area contributed by atoms with Crippen LogP contribution in [-0.2, 0) is 27.8 Å². The van der Waals surface area contributed by atoms with Crippen LogP contribution in [0.2, 0.25) is 0 Å². The molecule has 1 aromatic carbocycles. The van der Waals surface area contributed by atoms with Crippen LogP contribution in [0.5, 0.6) is 5.75 Å². The number of benzene rings is 1. The van der Waals surface area contributed by atoms with Gasteiger partial charge in [0.15, 0.2) is 5.13 Å². The lowest BCUT2D eigenvalue weighted by molar-refractivity contribution is -0.122. The first kappa shape index (κ1) is 19.3. The molecule has 150 valence electrons. The van der Waals surface area contributed by atoms with E-state index in [-0.39, 0.29) is 35.6 Å². The summed E-state index contributed by atoms with van der Waals surface area (Å²) in [6.07, 6.45) is 3.31. The van der Waals surface area contributed by atoms with Gasteiger partial charge in [-0.05, 0) is 31.0 Å². The second-order valence-electron chi connectivity index (χ2n) is 6.89. The van der Waals surface area contributed by atoms with Crippen LogP contribution in [0.25, 0.3) is 0 Å². The van der Waals surface area contributed by atoms with Gasteiger partial charge >= 0.3 is 0 Å². The Hall–Kier alpha value is -2.04. The largest absolute Gasteiger partial charge is 0.495 e. The van der Waals surface area contributed by atoms with Gasteiger partial charge in [-0.2, -0.15) is 4.31 Å². The smallest absolute Gasteiger partial charge is 0.247 e. The molecule has 2 heterocycles. The summed E-state index contributed by atoms with van der Waals surface area (Å²) in [5, 5.41) is 3.35. The van der Waals surface area contributed by atoms with E-state index in [9.17, 15) is 17.6 Å². The number of sulfonamides is 1. The maximum atomic E-state index is 13.7. The van der Waals surface area contributed by atoms with Crippen molar-refractivity contribution < 1.29 is 22.3 Å². The zero-order chi connectivity index (χ0) is 19.9. The van der Waals surface area contributed by atoms with Crippen LogP contribution in [-0.4, -0.2) is 37.3 Å². The van der Waals surface area contributed by atoms with Crippen LogP contribution in [0.3, 0.4) is 0 Å². The van der Waals surface area contributed by atoms with Crippen LogP contribution in [0.1, 0.15) is 29.8 Å². The number of anilines is 1. The Balaban J connectivity index is 1.55. The average molecular weight is 426 g/mol. The summed E-state index contributed by atoms with van der Waals surface area (Å²) in [5.74, 6) is -0.509. The van der Waals surface area contributed by atoms with Crippen LogP contribution in [0, 0.1) is 11.7 Å². The van der Waals surface area contributed by atoms with Crippen molar-refractivity contribution in [1.29, 1.82) is 0 Å². The third-order valence-electron chi connectivity index (χ3n) is 5.15. The Morgan fingerprint density at radius 3 is 2.86 bits per heavy atom. The van der Waals surface area contributed by atoms with E-state index >= 15 is 0 Å². The Kier molecular flexibility index (Phi) is 5.11. The molecule has 7 nitrogen and oxygen atoms in total. The lowest BCUT2D eigenvalue weighted by atomic mass is 9.85. The SMILES string of the molecule is COc1ccc(F)cc1S(=O)(=O)N1CCc2nc(NC(=O)C3CCC3)sc2C1. The molecular weight excluding hydrogens is 405 g/mol. The highest BCUT2D eigenvalue weighted by atomic mass is 32.2. The van der Waals surface area contributed by atoms with E-state index in [2.05, 4.69) is 10.3 Å². The number of halogens is 1. The van der Waals surface area contributed by atoms with E-state index in [1.807, 2.05) is 0 Å². The van der Waals surface area contributed by atoms with Crippen LogP contribution < -0.4 is 10.1 Å².